The van der Waals surface area contributed by atoms with Crippen LogP contribution in [0.2, 0.25) is 0 Å². The Balaban J connectivity index is 1.51. The zero-order valence-electron chi connectivity index (χ0n) is 31.8. The Morgan fingerprint density at radius 2 is 1.20 bits per heavy atom. The van der Waals surface area contributed by atoms with Gasteiger partial charge < -0.3 is 4.90 Å². The molecule has 3 aromatic carbocycles. The van der Waals surface area contributed by atoms with Gasteiger partial charge >= 0.3 is 0 Å². The minimum absolute atomic E-state index is 0.0165. The zero-order valence-corrected chi connectivity index (χ0v) is 33.4. The first-order valence-electron chi connectivity index (χ1n) is 19.0. The molecule has 7 heteroatoms. The van der Waals surface area contributed by atoms with Crippen molar-refractivity contribution in [1.82, 2.24) is 0 Å². The summed E-state index contributed by atoms with van der Waals surface area (Å²) < 4.78 is 0. The molecule has 2 heterocycles. The largest absolute Gasteiger partial charge is 0.372 e. The van der Waals surface area contributed by atoms with Crippen LogP contribution in [0.25, 0.3) is 38.6 Å². The van der Waals surface area contributed by atoms with Crippen LogP contribution in [0.3, 0.4) is 0 Å². The zero-order chi connectivity index (χ0) is 39.0. The Bertz CT molecular complexity index is 2370. The van der Waals surface area contributed by atoms with E-state index in [1.807, 2.05) is 36.4 Å². The number of allylic oxidation sites excluding steroid dienone is 2. The van der Waals surface area contributed by atoms with Gasteiger partial charge in [0.05, 0.1) is 0 Å². The van der Waals surface area contributed by atoms with Gasteiger partial charge in [0.25, 0.3) is 0 Å². The van der Waals surface area contributed by atoms with E-state index in [1.165, 1.54) is 36.9 Å². The Hall–Kier alpha value is -5.96. The summed E-state index contributed by atoms with van der Waals surface area (Å²) in [4.78, 5) is 6.74. The quantitative estimate of drug-likeness (QED) is 0.0934. The summed E-state index contributed by atoms with van der Waals surface area (Å²) in [6.45, 7) is 8.83. The Kier molecular flexibility index (Phi) is 15.0. The number of benzene rings is 3. The highest BCUT2D eigenvalue weighted by Crippen LogP contribution is 2.40. The van der Waals surface area contributed by atoms with E-state index in [0.717, 1.165) is 73.8 Å². The van der Waals surface area contributed by atoms with Gasteiger partial charge in [-0.25, -0.2) is 0 Å². The van der Waals surface area contributed by atoms with Crippen molar-refractivity contribution in [2.45, 2.75) is 65.7 Å². The monoisotopic (exact) mass is 755 g/mol. The number of aryl methyl sites for hydroxylation is 1. The number of nitriles is 4. The second kappa shape index (κ2) is 20.5. The average molecular weight is 756 g/mol. The number of thiophene rings is 2. The number of hydrogen-bond donors (Lipinski definition) is 0. The molecule has 274 valence electrons. The number of hydrogen-bond acceptors (Lipinski definition) is 7. The molecular weight excluding hydrogens is 711 g/mol. The SMILES string of the molecule is CCCCc1ccc(C(=C(C#N)C#N)C(c2ccc(-c3ccc(/C=C/c4ccc(N(CCCC)CCCC)cc4)s3)s2)=c2ccc(=C(C#N)C#N)cc2)cc1. The van der Waals surface area contributed by atoms with Gasteiger partial charge in [-0.05, 0) is 90.1 Å². The highest BCUT2D eigenvalue weighted by Gasteiger charge is 2.20. The van der Waals surface area contributed by atoms with E-state index in [9.17, 15) is 21.0 Å². The summed E-state index contributed by atoms with van der Waals surface area (Å²) in [5.74, 6) is 0. The molecule has 5 rings (SSSR count). The lowest BCUT2D eigenvalue weighted by Gasteiger charge is -2.24. The second-order valence-corrected chi connectivity index (χ2v) is 15.5. The van der Waals surface area contributed by atoms with E-state index in [0.29, 0.717) is 10.8 Å². The molecule has 5 nitrogen and oxygen atoms in total. The third-order valence-corrected chi connectivity index (χ3v) is 11.8. The Labute approximate surface area is 334 Å². The van der Waals surface area contributed by atoms with E-state index < -0.39 is 0 Å². The topological polar surface area (TPSA) is 98.4 Å². The van der Waals surface area contributed by atoms with Crippen molar-refractivity contribution in [2.75, 3.05) is 18.0 Å². The first kappa shape index (κ1) is 40.2. The van der Waals surface area contributed by atoms with E-state index in [1.54, 1.807) is 34.8 Å². The van der Waals surface area contributed by atoms with Crippen LogP contribution in [0.15, 0.2) is 103 Å². The molecule has 0 saturated heterocycles. The van der Waals surface area contributed by atoms with Crippen molar-refractivity contribution in [3.05, 3.63) is 140 Å². The Morgan fingerprint density at radius 3 is 1.80 bits per heavy atom. The molecule has 0 saturated carbocycles. The molecular formula is C48H45N5S2. The standard InChI is InChI=1S/C48H45N5S2/c1-4-7-10-35-11-16-38(17-12-35)47(41(33-51)34-52)48(39-20-18-37(19-21-39)40(31-49)32-50)46-28-27-45(55-46)44-26-25-43(54-44)24-15-36-13-22-42(23-14-36)53(29-8-5-2)30-9-6-3/h11-28H,4-10,29-30H2,1-3H3/b24-15+. The molecule has 2 aromatic heterocycles. The summed E-state index contributed by atoms with van der Waals surface area (Å²) in [5, 5.41) is 40.7. The third kappa shape index (κ3) is 10.4. The van der Waals surface area contributed by atoms with Crippen LogP contribution in [0.1, 0.15) is 85.7 Å². The number of anilines is 1. The number of rotatable bonds is 16. The van der Waals surface area contributed by atoms with Crippen LogP contribution in [0.4, 0.5) is 5.69 Å². The lowest BCUT2D eigenvalue weighted by atomic mass is 9.90. The highest BCUT2D eigenvalue weighted by molar-refractivity contribution is 7.23. The maximum absolute atomic E-state index is 10.2. The highest BCUT2D eigenvalue weighted by atomic mass is 32.1. The molecule has 0 aliphatic heterocycles. The summed E-state index contributed by atoms with van der Waals surface area (Å²) in [6, 6.07) is 40.9. The van der Waals surface area contributed by atoms with E-state index in [2.05, 4.69) is 111 Å². The predicted octanol–water partition coefficient (Wildman–Crippen LogP) is 11.3. The molecule has 0 N–H and O–H groups in total. The average Bonchev–Trinajstić information content (AvgIpc) is 3.91. The van der Waals surface area contributed by atoms with Crippen molar-refractivity contribution < 1.29 is 0 Å². The maximum atomic E-state index is 10.2. The van der Waals surface area contributed by atoms with Crippen molar-refractivity contribution in [3.8, 4) is 34.0 Å². The normalized spacial score (nSPS) is 10.6. The first-order chi connectivity index (χ1) is 27.0. The van der Waals surface area contributed by atoms with E-state index >= 15 is 0 Å². The van der Waals surface area contributed by atoms with Gasteiger partial charge in [0, 0.05) is 54.7 Å². The molecule has 0 spiro atoms. The fraction of sp³-hybridized carbons (Fsp3) is 0.250. The molecule has 0 amide bonds. The third-order valence-electron chi connectivity index (χ3n) is 9.45. The minimum atomic E-state index is 0.0165. The summed E-state index contributed by atoms with van der Waals surface area (Å²) in [6.07, 6.45) is 12.2. The number of nitrogens with zero attached hydrogens (tertiary/aromatic N) is 5. The predicted molar refractivity (Wildman–Crippen MR) is 231 cm³/mol. The van der Waals surface area contributed by atoms with Crippen LogP contribution >= 0.6 is 22.7 Å². The first-order valence-corrected chi connectivity index (χ1v) is 20.6. The van der Waals surface area contributed by atoms with Gasteiger partial charge in [0.2, 0.25) is 0 Å². The van der Waals surface area contributed by atoms with Gasteiger partial charge in [0.1, 0.15) is 35.4 Å². The molecule has 0 radical (unpaired) electrons. The van der Waals surface area contributed by atoms with Gasteiger partial charge in [0.15, 0.2) is 0 Å². The molecule has 0 atom stereocenters. The fourth-order valence-electron chi connectivity index (χ4n) is 6.36. The van der Waals surface area contributed by atoms with Crippen LogP contribution in [-0.4, -0.2) is 13.1 Å². The van der Waals surface area contributed by atoms with Gasteiger partial charge in [-0.1, -0.05) is 107 Å². The minimum Gasteiger partial charge on any atom is -0.372 e. The van der Waals surface area contributed by atoms with Crippen molar-refractivity contribution in [3.63, 3.8) is 0 Å². The summed E-state index contributed by atoms with van der Waals surface area (Å²) in [7, 11) is 0. The van der Waals surface area contributed by atoms with Crippen LogP contribution in [0, 0.1) is 45.3 Å². The molecule has 0 fully saturated rings. The molecule has 5 aromatic rings. The van der Waals surface area contributed by atoms with Crippen LogP contribution < -0.4 is 15.3 Å². The molecule has 0 unspecified atom stereocenters. The fourth-order valence-corrected chi connectivity index (χ4v) is 8.44. The van der Waals surface area contributed by atoms with Gasteiger partial charge in [-0.2, -0.15) is 21.0 Å². The van der Waals surface area contributed by atoms with Gasteiger partial charge in [-0.15, -0.1) is 22.7 Å². The second-order valence-electron chi connectivity index (χ2n) is 13.3. The molecule has 55 heavy (non-hydrogen) atoms. The number of unbranched alkanes of at least 4 members (excludes halogenated alkanes) is 3. The molecule has 0 aliphatic carbocycles. The molecule has 0 aliphatic rings. The Morgan fingerprint density at radius 1 is 0.600 bits per heavy atom. The van der Waals surface area contributed by atoms with Crippen molar-refractivity contribution in [1.29, 1.82) is 21.0 Å². The lowest BCUT2D eigenvalue weighted by molar-refractivity contribution is 0.678. The molecule has 0 bridgehead atoms. The van der Waals surface area contributed by atoms with Crippen LogP contribution in [0.5, 0.6) is 0 Å². The van der Waals surface area contributed by atoms with E-state index in [4.69, 9.17) is 0 Å². The lowest BCUT2D eigenvalue weighted by Crippen LogP contribution is -2.25. The summed E-state index contributed by atoms with van der Waals surface area (Å²) in [5.41, 5.74) is 5.77. The smallest absolute Gasteiger partial charge is 0.138 e. The van der Waals surface area contributed by atoms with E-state index in [-0.39, 0.29) is 11.1 Å². The van der Waals surface area contributed by atoms with Gasteiger partial charge in [-0.3, -0.25) is 0 Å². The van der Waals surface area contributed by atoms with Crippen molar-refractivity contribution in [2.24, 2.45) is 0 Å². The summed E-state index contributed by atoms with van der Waals surface area (Å²) >= 11 is 3.32. The van der Waals surface area contributed by atoms with Crippen LogP contribution in [-0.2, 0) is 6.42 Å². The maximum Gasteiger partial charge on any atom is 0.138 e. The van der Waals surface area contributed by atoms with Crippen molar-refractivity contribution >= 4 is 57.2 Å².